The Hall–Kier alpha value is -3.42. The van der Waals surface area contributed by atoms with E-state index in [2.05, 4.69) is 25.3 Å². The van der Waals surface area contributed by atoms with Gasteiger partial charge in [-0.15, -0.1) is 0 Å². The maximum atomic E-state index is 12.7. The van der Waals surface area contributed by atoms with Crippen LogP contribution in [0.1, 0.15) is 17.0 Å². The molecule has 0 aliphatic carbocycles. The number of hydrogen-bond acceptors (Lipinski definition) is 5. The smallest absolute Gasteiger partial charge is 0.321 e. The van der Waals surface area contributed by atoms with Gasteiger partial charge >= 0.3 is 6.03 Å². The maximum Gasteiger partial charge on any atom is 0.321 e. The van der Waals surface area contributed by atoms with Gasteiger partial charge in [-0.05, 0) is 44.0 Å². The van der Waals surface area contributed by atoms with Crippen LogP contribution in [-0.4, -0.2) is 56.9 Å². The third kappa shape index (κ3) is 4.06. The first-order valence-electron chi connectivity index (χ1n) is 9.74. The third-order valence-corrected chi connectivity index (χ3v) is 5.29. The first-order valence-corrected chi connectivity index (χ1v) is 9.74. The summed E-state index contributed by atoms with van der Waals surface area (Å²) < 4.78 is 1.73. The van der Waals surface area contributed by atoms with Crippen molar-refractivity contribution in [3.63, 3.8) is 0 Å². The standard InChI is InChI=1S/C21H25N7O/c1-15-6-4-7-18(16(15)2)25-21(29)27-12-10-26(11-13-27)19-14-20(24-17(3)23-19)28-9-5-8-22-28/h4-9,14H,10-13H2,1-3H3,(H,25,29). The van der Waals surface area contributed by atoms with Crippen molar-refractivity contribution in [2.75, 3.05) is 36.4 Å². The summed E-state index contributed by atoms with van der Waals surface area (Å²) in [6.07, 6.45) is 3.59. The van der Waals surface area contributed by atoms with E-state index in [1.54, 1.807) is 10.9 Å². The number of amides is 2. The van der Waals surface area contributed by atoms with E-state index in [0.29, 0.717) is 18.9 Å². The highest BCUT2D eigenvalue weighted by Crippen LogP contribution is 2.20. The number of nitrogens with zero attached hydrogens (tertiary/aromatic N) is 6. The lowest BCUT2D eigenvalue weighted by molar-refractivity contribution is 0.208. The zero-order valence-electron chi connectivity index (χ0n) is 17.0. The second-order valence-corrected chi connectivity index (χ2v) is 7.23. The second kappa shape index (κ2) is 7.90. The molecule has 4 rings (SSSR count). The molecule has 0 spiro atoms. The van der Waals surface area contributed by atoms with E-state index < -0.39 is 0 Å². The van der Waals surface area contributed by atoms with Crippen LogP contribution in [0.2, 0.25) is 0 Å². The molecule has 1 fully saturated rings. The molecule has 1 N–H and O–H groups in total. The van der Waals surface area contributed by atoms with Crippen LogP contribution in [0.3, 0.4) is 0 Å². The molecule has 29 heavy (non-hydrogen) atoms. The quantitative estimate of drug-likeness (QED) is 0.743. The fraction of sp³-hybridized carbons (Fsp3) is 0.333. The molecule has 1 aliphatic heterocycles. The van der Waals surface area contributed by atoms with Crippen molar-refractivity contribution in [2.45, 2.75) is 20.8 Å². The van der Waals surface area contributed by atoms with Crippen molar-refractivity contribution in [2.24, 2.45) is 0 Å². The molecule has 8 nitrogen and oxygen atoms in total. The number of piperazine rings is 1. The van der Waals surface area contributed by atoms with Crippen LogP contribution in [0.4, 0.5) is 16.3 Å². The van der Waals surface area contributed by atoms with Gasteiger partial charge in [-0.25, -0.2) is 19.4 Å². The molecule has 0 bridgehead atoms. The van der Waals surface area contributed by atoms with Crippen molar-refractivity contribution in [1.82, 2.24) is 24.6 Å². The lowest BCUT2D eigenvalue weighted by Crippen LogP contribution is -2.50. The van der Waals surface area contributed by atoms with Gasteiger partial charge in [0.2, 0.25) is 0 Å². The van der Waals surface area contributed by atoms with E-state index in [4.69, 9.17) is 0 Å². The Morgan fingerprint density at radius 3 is 2.48 bits per heavy atom. The molecule has 2 aromatic heterocycles. The summed E-state index contributed by atoms with van der Waals surface area (Å²) in [6.45, 7) is 8.66. The Morgan fingerprint density at radius 2 is 1.76 bits per heavy atom. The maximum absolute atomic E-state index is 12.7. The summed E-state index contributed by atoms with van der Waals surface area (Å²) in [7, 11) is 0. The zero-order chi connectivity index (χ0) is 20.4. The van der Waals surface area contributed by atoms with Gasteiger partial charge in [0.15, 0.2) is 5.82 Å². The van der Waals surface area contributed by atoms with Gasteiger partial charge in [-0.2, -0.15) is 5.10 Å². The predicted octanol–water partition coefficient (Wildman–Crippen LogP) is 2.94. The first-order chi connectivity index (χ1) is 14.0. The lowest BCUT2D eigenvalue weighted by atomic mass is 10.1. The van der Waals surface area contributed by atoms with Crippen molar-refractivity contribution < 1.29 is 4.79 Å². The van der Waals surface area contributed by atoms with Gasteiger partial charge in [0.1, 0.15) is 11.6 Å². The van der Waals surface area contributed by atoms with Crippen LogP contribution in [0.15, 0.2) is 42.7 Å². The zero-order valence-corrected chi connectivity index (χ0v) is 17.0. The molecular weight excluding hydrogens is 366 g/mol. The minimum Gasteiger partial charge on any atom is -0.353 e. The summed E-state index contributed by atoms with van der Waals surface area (Å²) in [6, 6.07) is 9.69. The van der Waals surface area contributed by atoms with E-state index in [9.17, 15) is 4.79 Å². The van der Waals surface area contributed by atoms with Crippen LogP contribution in [0.25, 0.3) is 5.82 Å². The normalized spacial score (nSPS) is 14.2. The van der Waals surface area contributed by atoms with Gasteiger partial charge in [0.05, 0.1) is 0 Å². The van der Waals surface area contributed by atoms with Gasteiger partial charge in [-0.3, -0.25) is 0 Å². The number of hydrogen-bond donors (Lipinski definition) is 1. The van der Waals surface area contributed by atoms with Crippen molar-refractivity contribution in [3.05, 3.63) is 59.7 Å². The fourth-order valence-corrected chi connectivity index (χ4v) is 3.44. The summed E-state index contributed by atoms with van der Waals surface area (Å²) in [5, 5.41) is 7.29. The first kappa shape index (κ1) is 18.9. The molecule has 0 radical (unpaired) electrons. The topological polar surface area (TPSA) is 79.2 Å². The minimum absolute atomic E-state index is 0.0607. The molecule has 2 amide bonds. The molecule has 150 valence electrons. The largest absolute Gasteiger partial charge is 0.353 e. The predicted molar refractivity (Wildman–Crippen MR) is 113 cm³/mol. The Balaban J connectivity index is 1.42. The number of rotatable bonds is 3. The van der Waals surface area contributed by atoms with Gasteiger partial charge in [-0.1, -0.05) is 12.1 Å². The molecule has 3 aromatic rings. The Bertz CT molecular complexity index is 1010. The molecule has 1 aliphatic rings. The highest BCUT2D eigenvalue weighted by molar-refractivity contribution is 5.90. The van der Waals surface area contributed by atoms with Crippen molar-refractivity contribution in [1.29, 1.82) is 0 Å². The minimum atomic E-state index is -0.0607. The number of benzene rings is 1. The Kier molecular flexibility index (Phi) is 5.16. The number of urea groups is 1. The molecule has 3 heterocycles. The highest BCUT2D eigenvalue weighted by atomic mass is 16.2. The Labute approximate surface area is 170 Å². The molecule has 0 atom stereocenters. The van der Waals surface area contributed by atoms with Gasteiger partial charge < -0.3 is 15.1 Å². The van der Waals surface area contributed by atoms with E-state index in [1.807, 2.05) is 62.2 Å². The molecule has 1 saturated heterocycles. The number of carbonyl (C=O) groups excluding carboxylic acids is 1. The number of nitrogens with one attached hydrogen (secondary N) is 1. The summed E-state index contributed by atoms with van der Waals surface area (Å²) in [5.41, 5.74) is 3.13. The highest BCUT2D eigenvalue weighted by Gasteiger charge is 2.23. The molecule has 0 saturated carbocycles. The molecule has 0 unspecified atom stereocenters. The number of carbonyl (C=O) groups is 1. The van der Waals surface area contributed by atoms with E-state index in [1.165, 1.54) is 5.56 Å². The Morgan fingerprint density at radius 1 is 1.00 bits per heavy atom. The molecule has 8 heteroatoms. The number of aromatic nitrogens is 4. The van der Waals surface area contributed by atoms with Crippen molar-refractivity contribution >= 4 is 17.5 Å². The van der Waals surface area contributed by atoms with Crippen LogP contribution in [0, 0.1) is 20.8 Å². The van der Waals surface area contributed by atoms with E-state index in [-0.39, 0.29) is 6.03 Å². The monoisotopic (exact) mass is 391 g/mol. The lowest BCUT2D eigenvalue weighted by Gasteiger charge is -2.35. The number of aryl methyl sites for hydroxylation is 2. The van der Waals surface area contributed by atoms with Crippen LogP contribution < -0.4 is 10.2 Å². The van der Waals surface area contributed by atoms with Crippen LogP contribution >= 0.6 is 0 Å². The average molecular weight is 391 g/mol. The second-order valence-electron chi connectivity index (χ2n) is 7.23. The third-order valence-electron chi connectivity index (χ3n) is 5.29. The average Bonchev–Trinajstić information content (AvgIpc) is 3.26. The van der Waals surface area contributed by atoms with E-state index in [0.717, 1.165) is 36.0 Å². The van der Waals surface area contributed by atoms with Crippen molar-refractivity contribution in [3.8, 4) is 5.82 Å². The van der Waals surface area contributed by atoms with Crippen LogP contribution in [-0.2, 0) is 0 Å². The number of anilines is 2. The molecular formula is C21H25N7O. The summed E-state index contributed by atoms with van der Waals surface area (Å²) in [4.78, 5) is 25.8. The van der Waals surface area contributed by atoms with Gasteiger partial charge in [0, 0.05) is 50.3 Å². The van der Waals surface area contributed by atoms with Crippen LogP contribution in [0.5, 0.6) is 0 Å². The SMILES string of the molecule is Cc1nc(N2CCN(C(=O)Nc3cccc(C)c3C)CC2)cc(-n2cccn2)n1. The fourth-order valence-electron chi connectivity index (χ4n) is 3.44. The molecule has 1 aromatic carbocycles. The van der Waals surface area contributed by atoms with Gasteiger partial charge in [0.25, 0.3) is 0 Å². The summed E-state index contributed by atoms with van der Waals surface area (Å²) >= 11 is 0. The van der Waals surface area contributed by atoms with E-state index >= 15 is 0 Å². The summed E-state index contributed by atoms with van der Waals surface area (Å²) in [5.74, 6) is 2.30.